The summed E-state index contributed by atoms with van der Waals surface area (Å²) in [4.78, 5) is 11.0. The van der Waals surface area contributed by atoms with Crippen LogP contribution in [0.1, 0.15) is 10.4 Å². The van der Waals surface area contributed by atoms with Gasteiger partial charge < -0.3 is 17.7 Å². The molecule has 15 heavy (non-hydrogen) atoms. The largest absolute Gasteiger partial charge is 0.511 e. The van der Waals surface area contributed by atoms with E-state index in [0.29, 0.717) is 0 Å². The van der Waals surface area contributed by atoms with Gasteiger partial charge in [-0.3, -0.25) is 0 Å². The lowest BCUT2D eigenvalue weighted by molar-refractivity contribution is 0.0601. The Balaban J connectivity index is 3.30. The van der Waals surface area contributed by atoms with Crippen LogP contribution < -0.4 is 5.46 Å². The molecule has 1 aromatic carbocycles. The van der Waals surface area contributed by atoms with Crippen LogP contribution >= 0.6 is 11.6 Å². The lowest BCUT2D eigenvalue weighted by Crippen LogP contribution is -2.35. The summed E-state index contributed by atoms with van der Waals surface area (Å²) in [5, 5.41) is -0.614. The predicted octanol–water partition coefficient (Wildman–Crippen LogP) is 2.18. The van der Waals surface area contributed by atoms with Gasteiger partial charge >= 0.3 is 12.9 Å². The number of carbonyl (C=O) groups is 1. The summed E-state index contributed by atoms with van der Waals surface area (Å²) < 4.78 is 41.6. The fourth-order valence-corrected chi connectivity index (χ4v) is 1.40. The molecule has 0 fully saturated rings. The minimum atomic E-state index is -5.22. The van der Waals surface area contributed by atoms with Gasteiger partial charge in [-0.2, -0.15) is 0 Å². The van der Waals surface area contributed by atoms with E-state index in [-0.39, 0.29) is 5.56 Å². The van der Waals surface area contributed by atoms with Gasteiger partial charge in [0.15, 0.2) is 0 Å². The van der Waals surface area contributed by atoms with Crippen LogP contribution in [0, 0.1) is 0 Å². The van der Waals surface area contributed by atoms with Crippen molar-refractivity contribution in [3.63, 3.8) is 0 Å². The summed E-state index contributed by atoms with van der Waals surface area (Å²) >= 11 is 5.46. The summed E-state index contributed by atoms with van der Waals surface area (Å²) in [6.45, 7) is -5.22. The molecule has 0 aromatic heterocycles. The first-order valence-corrected chi connectivity index (χ1v) is 4.32. The van der Waals surface area contributed by atoms with E-state index in [2.05, 4.69) is 4.74 Å². The van der Waals surface area contributed by atoms with Gasteiger partial charge in [-0.25, -0.2) is 4.79 Å². The molecule has 0 heterocycles. The van der Waals surface area contributed by atoms with Crippen LogP contribution in [0.3, 0.4) is 0 Å². The molecule has 0 bridgehead atoms. The van der Waals surface area contributed by atoms with Gasteiger partial charge in [0.25, 0.3) is 0 Å². The molecule has 0 amide bonds. The Labute approximate surface area is 89.0 Å². The van der Waals surface area contributed by atoms with Gasteiger partial charge in [-0.1, -0.05) is 29.2 Å². The second-order valence-corrected chi connectivity index (χ2v) is 3.15. The van der Waals surface area contributed by atoms with Crippen LogP contribution in [0.4, 0.5) is 12.9 Å². The molecule has 0 aliphatic rings. The number of benzene rings is 1. The third-order valence-corrected chi connectivity index (χ3v) is 2.21. The van der Waals surface area contributed by atoms with Crippen LogP contribution in [-0.4, -0.2) is 20.1 Å². The average molecular weight is 237 g/mol. The molecule has 2 nitrogen and oxygen atoms in total. The van der Waals surface area contributed by atoms with Crippen molar-refractivity contribution in [1.82, 2.24) is 0 Å². The second-order valence-electron chi connectivity index (χ2n) is 2.78. The van der Waals surface area contributed by atoms with Crippen molar-refractivity contribution in [3.05, 3.63) is 28.8 Å². The first-order valence-electron chi connectivity index (χ1n) is 3.94. The molecule has 0 radical (unpaired) electrons. The van der Waals surface area contributed by atoms with Crippen LogP contribution in [0.5, 0.6) is 0 Å². The van der Waals surface area contributed by atoms with E-state index >= 15 is 0 Å². The summed E-state index contributed by atoms with van der Waals surface area (Å²) in [6.07, 6.45) is 0. The normalized spacial score (nSPS) is 11.3. The zero-order valence-corrected chi connectivity index (χ0v) is 8.39. The van der Waals surface area contributed by atoms with Crippen molar-refractivity contribution in [1.29, 1.82) is 0 Å². The van der Waals surface area contributed by atoms with E-state index in [1.54, 1.807) is 0 Å². The van der Waals surface area contributed by atoms with E-state index in [4.69, 9.17) is 11.6 Å². The quantitative estimate of drug-likeness (QED) is 0.582. The molecule has 0 saturated carbocycles. The average Bonchev–Trinajstić information content (AvgIpc) is 2.15. The van der Waals surface area contributed by atoms with Crippen molar-refractivity contribution < 1.29 is 22.5 Å². The SMILES string of the molecule is COC(=O)c1cccc([B-](F)(F)F)c1Cl. The number of hydrogen-bond donors (Lipinski definition) is 0. The Kier molecular flexibility index (Phi) is 3.29. The monoisotopic (exact) mass is 237 g/mol. The van der Waals surface area contributed by atoms with E-state index < -0.39 is 23.4 Å². The fourth-order valence-electron chi connectivity index (χ4n) is 1.07. The van der Waals surface area contributed by atoms with Crippen molar-refractivity contribution in [3.8, 4) is 0 Å². The first kappa shape index (κ1) is 11.9. The topological polar surface area (TPSA) is 26.3 Å². The molecule has 0 unspecified atom stereocenters. The molecule has 1 aromatic rings. The molecule has 0 spiro atoms. The Morgan fingerprint density at radius 3 is 2.47 bits per heavy atom. The second kappa shape index (κ2) is 4.14. The Morgan fingerprint density at radius 2 is 2.00 bits per heavy atom. The lowest BCUT2D eigenvalue weighted by atomic mass is 9.79. The summed E-state index contributed by atoms with van der Waals surface area (Å²) in [6, 6.07) is 3.12. The molecule has 0 aliphatic carbocycles. The van der Waals surface area contributed by atoms with Crippen molar-refractivity contribution in [2.75, 3.05) is 7.11 Å². The Morgan fingerprint density at radius 1 is 1.40 bits per heavy atom. The number of hydrogen-bond acceptors (Lipinski definition) is 2. The number of ether oxygens (including phenoxy) is 1. The molecule has 0 saturated heterocycles. The lowest BCUT2D eigenvalue weighted by Gasteiger charge is -2.17. The summed E-state index contributed by atoms with van der Waals surface area (Å²) in [5.41, 5.74) is -1.27. The molecule has 0 N–H and O–H groups in total. The molecule has 7 heteroatoms. The maximum absolute atomic E-state index is 12.4. The highest BCUT2D eigenvalue weighted by atomic mass is 35.5. The van der Waals surface area contributed by atoms with E-state index in [9.17, 15) is 17.7 Å². The third-order valence-electron chi connectivity index (χ3n) is 1.79. The van der Waals surface area contributed by atoms with Gasteiger partial charge in [0.1, 0.15) is 0 Å². The first-order chi connectivity index (χ1) is 6.88. The highest BCUT2D eigenvalue weighted by molar-refractivity contribution is 6.76. The molecular weight excluding hydrogens is 231 g/mol. The van der Waals surface area contributed by atoms with Crippen molar-refractivity contribution in [2.24, 2.45) is 0 Å². The molecular formula is C8H6BClF3O2-. The van der Waals surface area contributed by atoms with Gasteiger partial charge in [0, 0.05) is 5.02 Å². The number of rotatable bonds is 2. The zero-order valence-electron chi connectivity index (χ0n) is 7.64. The van der Waals surface area contributed by atoms with E-state index in [1.807, 2.05) is 0 Å². The third kappa shape index (κ3) is 2.44. The molecule has 82 valence electrons. The van der Waals surface area contributed by atoms with Crippen LogP contribution in [0.25, 0.3) is 0 Å². The zero-order chi connectivity index (χ0) is 11.6. The van der Waals surface area contributed by atoms with Gasteiger partial charge in [0.05, 0.1) is 12.7 Å². The van der Waals surface area contributed by atoms with Crippen molar-refractivity contribution >= 4 is 30.0 Å². The van der Waals surface area contributed by atoms with Crippen molar-refractivity contribution in [2.45, 2.75) is 0 Å². The molecule has 0 atom stereocenters. The van der Waals surface area contributed by atoms with Gasteiger partial charge in [-0.05, 0) is 6.07 Å². The molecule has 0 aliphatic heterocycles. The smallest absolute Gasteiger partial charge is 0.465 e. The highest BCUT2D eigenvalue weighted by Gasteiger charge is 2.29. The maximum atomic E-state index is 12.4. The number of methoxy groups -OCH3 is 1. The minimum Gasteiger partial charge on any atom is -0.465 e. The minimum absolute atomic E-state index is 0.282. The maximum Gasteiger partial charge on any atom is 0.511 e. The fraction of sp³-hybridized carbons (Fsp3) is 0.125. The summed E-state index contributed by atoms with van der Waals surface area (Å²) in [5.74, 6) is -0.887. The van der Waals surface area contributed by atoms with E-state index in [0.717, 1.165) is 19.2 Å². The Hall–Kier alpha value is -1.17. The number of halogens is 4. The highest BCUT2D eigenvalue weighted by Crippen LogP contribution is 2.20. The van der Waals surface area contributed by atoms with E-state index in [1.165, 1.54) is 6.07 Å². The standard InChI is InChI=1S/C8H6BClF3O2/c1-15-8(14)5-3-2-4-6(7(5)10)9(11,12)13/h2-4H,1H3/q-1. The Bertz CT molecular complexity index is 392. The number of esters is 1. The van der Waals surface area contributed by atoms with Gasteiger partial charge in [-0.15, -0.1) is 0 Å². The number of carbonyl (C=O) groups excluding carboxylic acids is 1. The van der Waals surface area contributed by atoms with Crippen LogP contribution in [0.2, 0.25) is 5.02 Å². The van der Waals surface area contributed by atoms with Crippen LogP contribution in [-0.2, 0) is 4.74 Å². The predicted molar refractivity (Wildman–Crippen MR) is 51.5 cm³/mol. The van der Waals surface area contributed by atoms with Crippen LogP contribution in [0.15, 0.2) is 18.2 Å². The molecule has 1 rings (SSSR count). The van der Waals surface area contributed by atoms with Gasteiger partial charge in [0.2, 0.25) is 0 Å². The summed E-state index contributed by atoms with van der Waals surface area (Å²) in [7, 11) is 1.07.